The van der Waals surface area contributed by atoms with E-state index < -0.39 is 0 Å². The topological polar surface area (TPSA) is 20.3 Å². The number of hydrogen-bond acceptors (Lipinski definition) is 1. The van der Waals surface area contributed by atoms with Crippen LogP contribution in [0, 0.1) is 6.92 Å². The van der Waals surface area contributed by atoms with Crippen LogP contribution in [0.3, 0.4) is 0 Å². The number of carbonyl (C=O) groups excluding carboxylic acids is 1. The fourth-order valence-corrected chi connectivity index (χ4v) is 2.84. The Morgan fingerprint density at radius 2 is 1.89 bits per heavy atom. The Balaban J connectivity index is 1.93. The molecule has 3 heteroatoms. The van der Waals surface area contributed by atoms with E-state index in [2.05, 4.69) is 22.0 Å². The van der Waals surface area contributed by atoms with Gasteiger partial charge in [0, 0.05) is 22.3 Å². The van der Waals surface area contributed by atoms with Gasteiger partial charge in [0.1, 0.15) is 0 Å². The lowest BCUT2D eigenvalue weighted by atomic mass is 10.1. The van der Waals surface area contributed by atoms with Crippen LogP contribution in [-0.2, 0) is 6.42 Å². The molecule has 0 unspecified atom stereocenters. The van der Waals surface area contributed by atoms with Gasteiger partial charge in [0.25, 0.3) is 5.91 Å². The Labute approximate surface area is 121 Å². The molecule has 96 valence electrons. The maximum Gasteiger partial charge on any atom is 0.258 e. The van der Waals surface area contributed by atoms with Crippen molar-refractivity contribution < 1.29 is 4.79 Å². The highest BCUT2D eigenvalue weighted by Gasteiger charge is 2.25. The summed E-state index contributed by atoms with van der Waals surface area (Å²) in [5.74, 6) is 0.0843. The summed E-state index contributed by atoms with van der Waals surface area (Å²) in [6, 6.07) is 13.8. The Hall–Kier alpha value is -1.61. The molecule has 0 atom stereocenters. The third-order valence-corrected chi connectivity index (χ3v) is 3.97. The molecule has 0 aromatic heterocycles. The fourth-order valence-electron chi connectivity index (χ4n) is 2.43. The summed E-state index contributed by atoms with van der Waals surface area (Å²) in [7, 11) is 0. The van der Waals surface area contributed by atoms with E-state index in [1.54, 1.807) is 0 Å². The van der Waals surface area contributed by atoms with Crippen LogP contribution in [0.25, 0.3) is 0 Å². The van der Waals surface area contributed by atoms with Gasteiger partial charge in [0.15, 0.2) is 0 Å². The molecule has 0 N–H and O–H groups in total. The number of amides is 1. The molecule has 1 aliphatic heterocycles. The van der Waals surface area contributed by atoms with Crippen molar-refractivity contribution in [1.29, 1.82) is 0 Å². The molecule has 0 aliphatic carbocycles. The number of rotatable bonds is 1. The third kappa shape index (κ3) is 2.30. The van der Waals surface area contributed by atoms with E-state index in [1.165, 1.54) is 11.1 Å². The molecule has 19 heavy (non-hydrogen) atoms. The average Bonchev–Trinajstić information content (AvgIpc) is 2.81. The first-order chi connectivity index (χ1) is 9.15. The Morgan fingerprint density at radius 1 is 1.16 bits per heavy atom. The fraction of sp³-hybridized carbons (Fsp3) is 0.188. The first-order valence-corrected chi connectivity index (χ1v) is 7.11. The monoisotopic (exact) mass is 315 g/mol. The first-order valence-electron chi connectivity index (χ1n) is 6.32. The highest BCUT2D eigenvalue weighted by molar-refractivity contribution is 9.10. The molecule has 2 nitrogen and oxygen atoms in total. The number of fused-ring (bicyclic) bond motifs is 1. The van der Waals surface area contributed by atoms with Crippen LogP contribution in [-0.4, -0.2) is 12.5 Å². The summed E-state index contributed by atoms with van der Waals surface area (Å²) in [5.41, 5.74) is 4.19. The second-order valence-electron chi connectivity index (χ2n) is 4.85. The van der Waals surface area contributed by atoms with Gasteiger partial charge < -0.3 is 4.90 Å². The van der Waals surface area contributed by atoms with E-state index in [9.17, 15) is 4.79 Å². The van der Waals surface area contributed by atoms with Crippen molar-refractivity contribution in [2.75, 3.05) is 11.4 Å². The summed E-state index contributed by atoms with van der Waals surface area (Å²) in [6.45, 7) is 2.79. The largest absolute Gasteiger partial charge is 0.308 e. The van der Waals surface area contributed by atoms with Crippen molar-refractivity contribution in [3.8, 4) is 0 Å². The number of nitrogens with zero attached hydrogens (tertiary/aromatic N) is 1. The third-order valence-electron chi connectivity index (χ3n) is 3.48. The molecule has 0 saturated heterocycles. The van der Waals surface area contributed by atoms with Crippen LogP contribution in [0.1, 0.15) is 21.5 Å². The molecule has 0 bridgehead atoms. The van der Waals surface area contributed by atoms with Gasteiger partial charge in [-0.3, -0.25) is 4.79 Å². The zero-order valence-corrected chi connectivity index (χ0v) is 12.3. The summed E-state index contributed by atoms with van der Waals surface area (Å²) < 4.78 is 1.07. The molecule has 3 rings (SSSR count). The maximum absolute atomic E-state index is 12.5. The quantitative estimate of drug-likeness (QED) is 0.780. The minimum Gasteiger partial charge on any atom is -0.308 e. The number of benzene rings is 2. The van der Waals surface area contributed by atoms with Gasteiger partial charge in [0.2, 0.25) is 0 Å². The normalized spacial score (nSPS) is 13.5. The van der Waals surface area contributed by atoms with Crippen LogP contribution in [0.4, 0.5) is 5.69 Å². The number of hydrogen-bond donors (Lipinski definition) is 0. The SMILES string of the molecule is Cc1ccc(C(=O)N2CCc3cc(Br)ccc32)cc1. The lowest BCUT2D eigenvalue weighted by molar-refractivity contribution is 0.0989. The Kier molecular flexibility index (Phi) is 3.15. The predicted molar refractivity (Wildman–Crippen MR) is 80.7 cm³/mol. The number of anilines is 1. The van der Waals surface area contributed by atoms with Crippen molar-refractivity contribution in [3.63, 3.8) is 0 Å². The van der Waals surface area contributed by atoms with Crippen LogP contribution < -0.4 is 4.90 Å². The van der Waals surface area contributed by atoms with Gasteiger partial charge in [-0.05, 0) is 49.2 Å². The van der Waals surface area contributed by atoms with Crippen LogP contribution in [0.2, 0.25) is 0 Å². The van der Waals surface area contributed by atoms with Crippen molar-refractivity contribution in [2.24, 2.45) is 0 Å². The predicted octanol–water partition coefficient (Wildman–Crippen LogP) is 3.96. The molecular formula is C16H14BrNO. The molecule has 1 heterocycles. The molecule has 2 aromatic carbocycles. The van der Waals surface area contributed by atoms with E-state index >= 15 is 0 Å². The van der Waals surface area contributed by atoms with Gasteiger partial charge >= 0.3 is 0 Å². The Morgan fingerprint density at radius 3 is 2.63 bits per heavy atom. The molecule has 0 spiro atoms. The highest BCUT2D eigenvalue weighted by atomic mass is 79.9. The van der Waals surface area contributed by atoms with E-state index in [0.29, 0.717) is 0 Å². The molecule has 2 aromatic rings. The highest BCUT2D eigenvalue weighted by Crippen LogP contribution is 2.31. The molecule has 0 saturated carbocycles. The molecule has 1 aliphatic rings. The lowest BCUT2D eigenvalue weighted by Gasteiger charge is -2.17. The summed E-state index contributed by atoms with van der Waals surface area (Å²) >= 11 is 3.47. The second kappa shape index (κ2) is 4.82. The molecular weight excluding hydrogens is 302 g/mol. The molecule has 0 fully saturated rings. The van der Waals surface area contributed by atoms with Crippen molar-refractivity contribution in [2.45, 2.75) is 13.3 Å². The zero-order chi connectivity index (χ0) is 13.4. The second-order valence-corrected chi connectivity index (χ2v) is 5.76. The van der Waals surface area contributed by atoms with Crippen molar-refractivity contribution >= 4 is 27.5 Å². The van der Waals surface area contributed by atoms with Crippen LogP contribution in [0.15, 0.2) is 46.9 Å². The zero-order valence-electron chi connectivity index (χ0n) is 10.7. The van der Waals surface area contributed by atoms with Gasteiger partial charge in [-0.15, -0.1) is 0 Å². The number of carbonyl (C=O) groups is 1. The molecule has 0 radical (unpaired) electrons. The Bertz CT molecular complexity index is 634. The van der Waals surface area contributed by atoms with E-state index in [4.69, 9.17) is 0 Å². The number of halogens is 1. The van der Waals surface area contributed by atoms with E-state index in [1.807, 2.05) is 48.2 Å². The van der Waals surface area contributed by atoms with E-state index in [-0.39, 0.29) is 5.91 Å². The minimum atomic E-state index is 0.0843. The van der Waals surface area contributed by atoms with Gasteiger partial charge in [-0.2, -0.15) is 0 Å². The van der Waals surface area contributed by atoms with Crippen LogP contribution in [0.5, 0.6) is 0 Å². The van der Waals surface area contributed by atoms with Gasteiger partial charge in [0.05, 0.1) is 0 Å². The smallest absolute Gasteiger partial charge is 0.258 e. The lowest BCUT2D eigenvalue weighted by Crippen LogP contribution is -2.28. The van der Waals surface area contributed by atoms with E-state index in [0.717, 1.165) is 28.7 Å². The summed E-state index contributed by atoms with van der Waals surface area (Å²) in [5, 5.41) is 0. The summed E-state index contributed by atoms with van der Waals surface area (Å²) in [4.78, 5) is 14.4. The average molecular weight is 316 g/mol. The molecule has 1 amide bonds. The van der Waals surface area contributed by atoms with Crippen molar-refractivity contribution in [1.82, 2.24) is 0 Å². The maximum atomic E-state index is 12.5. The summed E-state index contributed by atoms with van der Waals surface area (Å²) in [6.07, 6.45) is 0.923. The minimum absolute atomic E-state index is 0.0843. The van der Waals surface area contributed by atoms with Crippen LogP contribution >= 0.6 is 15.9 Å². The van der Waals surface area contributed by atoms with Gasteiger partial charge in [-0.25, -0.2) is 0 Å². The standard InChI is InChI=1S/C16H14BrNO/c1-11-2-4-12(5-3-11)16(19)18-9-8-13-10-14(17)6-7-15(13)18/h2-7,10H,8-9H2,1H3. The first kappa shape index (κ1) is 12.4. The van der Waals surface area contributed by atoms with Crippen molar-refractivity contribution in [3.05, 3.63) is 63.6 Å². The van der Waals surface area contributed by atoms with Gasteiger partial charge in [-0.1, -0.05) is 33.6 Å². The number of aryl methyl sites for hydroxylation is 1.